The molecule has 24 heavy (non-hydrogen) atoms. The first-order valence-corrected chi connectivity index (χ1v) is 9.14. The molecule has 0 spiro atoms. The monoisotopic (exact) mass is 350 g/mol. The Labute approximate surface area is 149 Å². The Hall–Kier alpha value is -1.30. The van der Waals surface area contributed by atoms with E-state index in [0.29, 0.717) is 0 Å². The van der Waals surface area contributed by atoms with Gasteiger partial charge < -0.3 is 14.7 Å². The van der Waals surface area contributed by atoms with Crippen molar-refractivity contribution in [2.24, 2.45) is 0 Å². The topological polar surface area (TPSA) is 30.0 Å². The first-order chi connectivity index (χ1) is 11.5. The van der Waals surface area contributed by atoms with Crippen molar-refractivity contribution in [3.63, 3.8) is 0 Å². The minimum atomic E-state index is -0.0325. The fraction of sp³-hybridized carbons (Fsp3) is 0.611. The first-order valence-electron chi connectivity index (χ1n) is 8.76. The average molecular weight is 351 g/mol. The lowest BCUT2D eigenvalue weighted by atomic mass is 10.1. The minimum absolute atomic E-state index is 0.0325. The van der Waals surface area contributed by atoms with Crippen LogP contribution in [0.15, 0.2) is 24.3 Å². The maximum atomic E-state index is 12.7. The number of nitrogens with zero attached hydrogens (tertiary/aromatic N) is 4. The number of anilines is 1. The van der Waals surface area contributed by atoms with E-state index in [9.17, 15) is 4.79 Å². The predicted octanol–water partition coefficient (Wildman–Crippen LogP) is 1.62. The fourth-order valence-electron chi connectivity index (χ4n) is 3.49. The van der Waals surface area contributed by atoms with Crippen LogP contribution in [-0.2, 0) is 4.79 Å². The lowest BCUT2D eigenvalue weighted by Gasteiger charge is -2.41. The highest BCUT2D eigenvalue weighted by atomic mass is 35.5. The van der Waals surface area contributed by atoms with Crippen molar-refractivity contribution in [2.75, 3.05) is 64.3 Å². The van der Waals surface area contributed by atoms with Gasteiger partial charge >= 0.3 is 0 Å². The van der Waals surface area contributed by atoms with Crippen molar-refractivity contribution in [3.05, 3.63) is 29.3 Å². The van der Waals surface area contributed by atoms with Gasteiger partial charge in [-0.05, 0) is 32.2 Å². The summed E-state index contributed by atoms with van der Waals surface area (Å²) in [4.78, 5) is 21.7. The molecule has 1 aromatic rings. The normalized spacial score (nSPS) is 21.8. The van der Waals surface area contributed by atoms with Crippen LogP contribution in [0.4, 0.5) is 5.69 Å². The number of piperazine rings is 2. The van der Waals surface area contributed by atoms with Crippen molar-refractivity contribution in [2.45, 2.75) is 13.0 Å². The molecule has 1 amide bonds. The van der Waals surface area contributed by atoms with Crippen LogP contribution in [0.25, 0.3) is 0 Å². The number of carbonyl (C=O) groups excluding carboxylic acids is 1. The van der Waals surface area contributed by atoms with Crippen LogP contribution < -0.4 is 4.90 Å². The first kappa shape index (κ1) is 17.5. The van der Waals surface area contributed by atoms with E-state index in [0.717, 1.165) is 57.4 Å². The van der Waals surface area contributed by atoms with Gasteiger partial charge in [-0.2, -0.15) is 0 Å². The molecular weight excluding hydrogens is 324 g/mol. The third kappa shape index (κ3) is 4.02. The van der Waals surface area contributed by atoms with Gasteiger partial charge in [0.2, 0.25) is 5.91 Å². The molecule has 0 N–H and O–H groups in total. The van der Waals surface area contributed by atoms with Crippen molar-refractivity contribution < 1.29 is 4.79 Å². The third-order valence-electron chi connectivity index (χ3n) is 5.21. The van der Waals surface area contributed by atoms with Gasteiger partial charge in [0.15, 0.2) is 0 Å². The van der Waals surface area contributed by atoms with E-state index in [1.54, 1.807) is 0 Å². The van der Waals surface area contributed by atoms with Crippen molar-refractivity contribution in [3.8, 4) is 0 Å². The van der Waals surface area contributed by atoms with Crippen LogP contribution in [-0.4, -0.2) is 86.1 Å². The molecule has 3 rings (SSSR count). The zero-order valence-corrected chi connectivity index (χ0v) is 15.4. The van der Waals surface area contributed by atoms with Crippen LogP contribution in [0.5, 0.6) is 0 Å². The van der Waals surface area contributed by atoms with Crippen LogP contribution in [0.3, 0.4) is 0 Å². The lowest BCUT2D eigenvalue weighted by molar-refractivity contribution is -0.138. The molecule has 132 valence electrons. The summed E-state index contributed by atoms with van der Waals surface area (Å²) in [6.07, 6.45) is 0. The number of likely N-dealkylation sites (N-methyl/N-ethyl adjacent to an activating group) is 1. The number of benzene rings is 1. The van der Waals surface area contributed by atoms with Gasteiger partial charge in [0.1, 0.15) is 0 Å². The minimum Gasteiger partial charge on any atom is -0.369 e. The Kier molecular flexibility index (Phi) is 5.64. The Bertz CT molecular complexity index is 566. The van der Waals surface area contributed by atoms with E-state index in [-0.39, 0.29) is 11.9 Å². The number of amides is 1. The van der Waals surface area contributed by atoms with Crippen LogP contribution >= 0.6 is 11.6 Å². The molecule has 0 unspecified atom stereocenters. The summed E-state index contributed by atoms with van der Waals surface area (Å²) >= 11 is 6.09. The molecule has 2 aliphatic rings. The second-order valence-electron chi connectivity index (χ2n) is 6.81. The van der Waals surface area contributed by atoms with Crippen LogP contribution in [0, 0.1) is 0 Å². The molecule has 0 aliphatic carbocycles. The highest BCUT2D eigenvalue weighted by Crippen LogP contribution is 2.21. The SMILES string of the molecule is C[C@@H](C(=O)N1CCN(C)CC1)N1CCN(c2cccc(Cl)c2)CC1. The molecule has 1 aromatic carbocycles. The standard InChI is InChI=1S/C18H27ClN4O/c1-15(18(24)23-8-6-20(2)7-9-23)21-10-12-22(13-11-21)17-5-3-4-16(19)14-17/h3-5,14-15H,6-13H2,1-2H3/t15-/m0/s1. The number of hydrogen-bond acceptors (Lipinski definition) is 4. The van der Waals surface area contributed by atoms with E-state index in [1.807, 2.05) is 23.1 Å². The highest BCUT2D eigenvalue weighted by Gasteiger charge is 2.30. The summed E-state index contributed by atoms with van der Waals surface area (Å²) < 4.78 is 0. The Morgan fingerprint density at radius 3 is 2.33 bits per heavy atom. The number of halogens is 1. The summed E-state index contributed by atoms with van der Waals surface area (Å²) in [5.74, 6) is 0.277. The fourth-order valence-corrected chi connectivity index (χ4v) is 3.67. The molecular formula is C18H27ClN4O. The number of carbonyl (C=O) groups is 1. The Morgan fingerprint density at radius 2 is 1.71 bits per heavy atom. The second kappa shape index (κ2) is 7.72. The highest BCUT2D eigenvalue weighted by molar-refractivity contribution is 6.30. The Morgan fingerprint density at radius 1 is 1.04 bits per heavy atom. The third-order valence-corrected chi connectivity index (χ3v) is 5.44. The second-order valence-corrected chi connectivity index (χ2v) is 7.24. The molecule has 2 fully saturated rings. The summed E-state index contributed by atoms with van der Waals surface area (Å²) in [7, 11) is 2.11. The van der Waals surface area contributed by atoms with E-state index in [4.69, 9.17) is 11.6 Å². The van der Waals surface area contributed by atoms with Gasteiger partial charge in [-0.3, -0.25) is 9.69 Å². The summed E-state index contributed by atoms with van der Waals surface area (Å²) in [6.45, 7) is 9.38. The molecule has 0 saturated carbocycles. The molecule has 0 radical (unpaired) electrons. The predicted molar refractivity (Wildman–Crippen MR) is 98.8 cm³/mol. The van der Waals surface area contributed by atoms with Crippen LogP contribution in [0.1, 0.15) is 6.92 Å². The van der Waals surface area contributed by atoms with Gasteiger partial charge in [-0.15, -0.1) is 0 Å². The van der Waals surface area contributed by atoms with Crippen molar-refractivity contribution in [1.29, 1.82) is 0 Å². The lowest BCUT2D eigenvalue weighted by Crippen LogP contribution is -2.57. The van der Waals surface area contributed by atoms with Crippen LogP contribution in [0.2, 0.25) is 5.02 Å². The summed E-state index contributed by atoms with van der Waals surface area (Å²) in [5.41, 5.74) is 1.17. The largest absolute Gasteiger partial charge is 0.369 e. The molecule has 6 heteroatoms. The zero-order valence-electron chi connectivity index (χ0n) is 14.6. The summed E-state index contributed by atoms with van der Waals surface area (Å²) in [6, 6.07) is 7.97. The van der Waals surface area contributed by atoms with Crippen molar-refractivity contribution >= 4 is 23.2 Å². The van der Waals surface area contributed by atoms with Gasteiger partial charge in [-0.25, -0.2) is 0 Å². The van der Waals surface area contributed by atoms with E-state index < -0.39 is 0 Å². The average Bonchev–Trinajstić information content (AvgIpc) is 2.61. The van der Waals surface area contributed by atoms with Gasteiger partial charge in [-0.1, -0.05) is 17.7 Å². The number of hydrogen-bond donors (Lipinski definition) is 0. The van der Waals surface area contributed by atoms with Crippen molar-refractivity contribution in [1.82, 2.24) is 14.7 Å². The molecule has 2 heterocycles. The quantitative estimate of drug-likeness (QED) is 0.828. The van der Waals surface area contributed by atoms with Gasteiger partial charge in [0, 0.05) is 63.1 Å². The summed E-state index contributed by atoms with van der Waals surface area (Å²) in [5, 5.41) is 0.772. The smallest absolute Gasteiger partial charge is 0.239 e. The molecule has 0 bridgehead atoms. The van der Waals surface area contributed by atoms with E-state index in [1.165, 1.54) is 5.69 Å². The Balaban J connectivity index is 1.53. The van der Waals surface area contributed by atoms with Gasteiger partial charge in [0.05, 0.1) is 6.04 Å². The molecule has 2 saturated heterocycles. The molecule has 1 atom stereocenters. The molecule has 0 aromatic heterocycles. The van der Waals surface area contributed by atoms with E-state index >= 15 is 0 Å². The maximum Gasteiger partial charge on any atom is 0.239 e. The van der Waals surface area contributed by atoms with E-state index in [2.05, 4.69) is 34.7 Å². The maximum absolute atomic E-state index is 12.7. The number of rotatable bonds is 3. The molecule has 5 nitrogen and oxygen atoms in total. The van der Waals surface area contributed by atoms with Gasteiger partial charge in [0.25, 0.3) is 0 Å². The molecule has 2 aliphatic heterocycles. The zero-order chi connectivity index (χ0) is 17.1.